The Balaban J connectivity index is 2.44. The molecule has 1 heterocycles. The number of hydrogen-bond donors (Lipinski definition) is 2. The van der Waals surface area contributed by atoms with Crippen molar-refractivity contribution in [1.29, 1.82) is 0 Å². The molecule has 1 aliphatic heterocycles. The SMILES string of the molecule is CC(F)(F)c1ccc(S(=O)(=O)N2CCSC(C)(C)C2C(=O)NO)cc1. The molecule has 1 amide bonds. The number of hydroxylamine groups is 1. The second-order valence-electron chi connectivity index (χ2n) is 6.36. The fourth-order valence-electron chi connectivity index (χ4n) is 2.78. The van der Waals surface area contributed by atoms with E-state index in [0.29, 0.717) is 5.75 Å². The normalized spacial score (nSPS) is 21.8. The van der Waals surface area contributed by atoms with Gasteiger partial charge in [-0.1, -0.05) is 12.1 Å². The van der Waals surface area contributed by atoms with Gasteiger partial charge in [0, 0.05) is 29.5 Å². The highest BCUT2D eigenvalue weighted by atomic mass is 32.2. The number of alkyl halides is 2. The third kappa shape index (κ3) is 3.97. The highest BCUT2D eigenvalue weighted by Crippen LogP contribution is 2.38. The minimum absolute atomic E-state index is 0.0696. The molecule has 1 unspecified atom stereocenters. The number of nitrogens with zero attached hydrogens (tertiary/aromatic N) is 1. The van der Waals surface area contributed by atoms with E-state index in [1.807, 2.05) is 0 Å². The number of carbonyl (C=O) groups excluding carboxylic acids is 1. The van der Waals surface area contributed by atoms with E-state index in [0.717, 1.165) is 35.5 Å². The zero-order valence-electron chi connectivity index (χ0n) is 14.0. The summed E-state index contributed by atoms with van der Waals surface area (Å²) in [5.74, 6) is -3.45. The first-order valence-electron chi connectivity index (χ1n) is 7.49. The lowest BCUT2D eigenvalue weighted by molar-refractivity contribution is -0.134. The van der Waals surface area contributed by atoms with Crippen molar-refractivity contribution in [3.8, 4) is 0 Å². The number of benzene rings is 1. The highest BCUT2D eigenvalue weighted by molar-refractivity contribution is 8.00. The van der Waals surface area contributed by atoms with Crippen molar-refractivity contribution < 1.29 is 27.2 Å². The Hall–Kier alpha value is -1.23. The van der Waals surface area contributed by atoms with Crippen molar-refractivity contribution in [2.45, 2.75) is 42.4 Å². The van der Waals surface area contributed by atoms with Crippen LogP contribution in [-0.4, -0.2) is 46.9 Å². The molecule has 6 nitrogen and oxygen atoms in total. The third-order valence-corrected chi connectivity index (χ3v) is 7.29. The maximum Gasteiger partial charge on any atom is 0.270 e. The largest absolute Gasteiger partial charge is 0.289 e. The molecule has 10 heteroatoms. The quantitative estimate of drug-likeness (QED) is 0.604. The van der Waals surface area contributed by atoms with Crippen LogP contribution in [0.4, 0.5) is 8.78 Å². The first-order chi connectivity index (χ1) is 11.4. The second-order valence-corrected chi connectivity index (χ2v) is 10.00. The second kappa shape index (κ2) is 6.82. The van der Waals surface area contributed by atoms with Crippen molar-refractivity contribution in [3.63, 3.8) is 0 Å². The fourth-order valence-corrected chi connectivity index (χ4v) is 5.88. The van der Waals surface area contributed by atoms with E-state index >= 15 is 0 Å². The van der Waals surface area contributed by atoms with Crippen LogP contribution in [0, 0.1) is 0 Å². The lowest BCUT2D eigenvalue weighted by Crippen LogP contribution is -2.61. The van der Waals surface area contributed by atoms with Crippen LogP contribution in [0.5, 0.6) is 0 Å². The number of carbonyl (C=O) groups is 1. The van der Waals surface area contributed by atoms with E-state index in [2.05, 4.69) is 0 Å². The maximum absolute atomic E-state index is 13.3. The van der Waals surface area contributed by atoms with Crippen LogP contribution in [-0.2, 0) is 20.7 Å². The van der Waals surface area contributed by atoms with E-state index in [-0.39, 0.29) is 17.0 Å². The summed E-state index contributed by atoms with van der Waals surface area (Å²) < 4.78 is 52.7. The molecule has 0 saturated carbocycles. The number of nitrogens with one attached hydrogen (secondary N) is 1. The molecule has 2 rings (SSSR count). The summed E-state index contributed by atoms with van der Waals surface area (Å²) in [4.78, 5) is 11.9. The molecule has 0 bridgehead atoms. The van der Waals surface area contributed by atoms with Crippen LogP contribution in [0.15, 0.2) is 29.2 Å². The van der Waals surface area contributed by atoms with Gasteiger partial charge in [-0.05, 0) is 26.0 Å². The Morgan fingerprint density at radius 1 is 1.36 bits per heavy atom. The lowest BCUT2D eigenvalue weighted by Gasteiger charge is -2.43. The van der Waals surface area contributed by atoms with Gasteiger partial charge in [0.05, 0.1) is 4.90 Å². The molecule has 2 N–H and O–H groups in total. The van der Waals surface area contributed by atoms with Crippen LogP contribution < -0.4 is 5.48 Å². The smallest absolute Gasteiger partial charge is 0.270 e. The van der Waals surface area contributed by atoms with Crippen LogP contribution in [0.2, 0.25) is 0 Å². The summed E-state index contributed by atoms with van der Waals surface area (Å²) in [5.41, 5.74) is 1.21. The lowest BCUT2D eigenvalue weighted by atomic mass is 10.0. The van der Waals surface area contributed by atoms with Crippen LogP contribution in [0.25, 0.3) is 0 Å². The average molecular weight is 394 g/mol. The standard InChI is InChI=1S/C15H20F2N2O4S2/c1-14(2)12(13(20)18-21)19(8-9-24-14)25(22,23)11-6-4-10(5-7-11)15(3,16)17/h4-7,12,21H,8-9H2,1-3H3,(H,18,20). The van der Waals surface area contributed by atoms with E-state index in [1.165, 1.54) is 17.2 Å². The molecule has 25 heavy (non-hydrogen) atoms. The minimum atomic E-state index is -4.10. The van der Waals surface area contributed by atoms with E-state index in [9.17, 15) is 22.0 Å². The molecule has 1 atom stereocenters. The van der Waals surface area contributed by atoms with Gasteiger partial charge in [-0.2, -0.15) is 16.1 Å². The number of hydrogen-bond acceptors (Lipinski definition) is 5. The topological polar surface area (TPSA) is 86.7 Å². The Morgan fingerprint density at radius 2 is 1.92 bits per heavy atom. The molecule has 1 aliphatic rings. The zero-order valence-corrected chi connectivity index (χ0v) is 15.6. The summed E-state index contributed by atoms with van der Waals surface area (Å²) in [6.07, 6.45) is 0. The number of rotatable bonds is 4. The van der Waals surface area contributed by atoms with Crippen LogP contribution in [0.1, 0.15) is 26.3 Å². The molecule has 140 valence electrons. The predicted octanol–water partition coefficient (Wildman–Crippen LogP) is 2.19. The van der Waals surface area contributed by atoms with Gasteiger partial charge in [-0.15, -0.1) is 0 Å². The monoisotopic (exact) mass is 394 g/mol. The van der Waals surface area contributed by atoms with E-state index in [1.54, 1.807) is 13.8 Å². The first kappa shape index (κ1) is 20.1. The highest BCUT2D eigenvalue weighted by Gasteiger charge is 2.48. The van der Waals surface area contributed by atoms with Crippen molar-refractivity contribution >= 4 is 27.7 Å². The van der Waals surface area contributed by atoms with Crippen molar-refractivity contribution in [1.82, 2.24) is 9.79 Å². The number of halogens is 2. The molecule has 1 saturated heterocycles. The molecule has 1 aromatic carbocycles. The fraction of sp³-hybridized carbons (Fsp3) is 0.533. The first-order valence-corrected chi connectivity index (χ1v) is 9.92. The number of sulfonamides is 1. The summed E-state index contributed by atoms with van der Waals surface area (Å²) >= 11 is 1.42. The molecular weight excluding hydrogens is 374 g/mol. The number of amides is 1. The Labute approximate surface area is 149 Å². The zero-order chi connectivity index (χ0) is 19.0. The molecular formula is C15H20F2N2O4S2. The summed E-state index contributed by atoms with van der Waals surface area (Å²) in [7, 11) is -4.10. The number of thioether (sulfide) groups is 1. The molecule has 0 spiro atoms. The van der Waals surface area contributed by atoms with Gasteiger partial charge in [-0.25, -0.2) is 22.7 Å². The van der Waals surface area contributed by atoms with Gasteiger partial charge in [0.2, 0.25) is 10.0 Å². The van der Waals surface area contributed by atoms with E-state index < -0.39 is 32.6 Å². The minimum Gasteiger partial charge on any atom is -0.289 e. The van der Waals surface area contributed by atoms with Gasteiger partial charge >= 0.3 is 0 Å². The molecule has 1 aromatic rings. The van der Waals surface area contributed by atoms with Gasteiger partial charge in [-0.3, -0.25) is 10.0 Å². The molecule has 1 fully saturated rings. The van der Waals surface area contributed by atoms with Gasteiger partial charge in [0.1, 0.15) is 6.04 Å². The molecule has 0 aromatic heterocycles. The van der Waals surface area contributed by atoms with Crippen molar-refractivity contribution in [2.24, 2.45) is 0 Å². The summed E-state index contributed by atoms with van der Waals surface area (Å²) in [6.45, 7) is 4.21. The molecule has 0 aliphatic carbocycles. The maximum atomic E-state index is 13.3. The van der Waals surface area contributed by atoms with Gasteiger partial charge in [0.25, 0.3) is 11.8 Å². The predicted molar refractivity (Wildman–Crippen MR) is 90.2 cm³/mol. The molecule has 0 radical (unpaired) electrons. The Kier molecular flexibility index (Phi) is 5.48. The van der Waals surface area contributed by atoms with Gasteiger partial charge < -0.3 is 0 Å². The van der Waals surface area contributed by atoms with Crippen LogP contribution in [0.3, 0.4) is 0 Å². The summed E-state index contributed by atoms with van der Waals surface area (Å²) in [6, 6.07) is 3.18. The van der Waals surface area contributed by atoms with Crippen molar-refractivity contribution in [2.75, 3.05) is 12.3 Å². The van der Waals surface area contributed by atoms with Crippen molar-refractivity contribution in [3.05, 3.63) is 29.8 Å². The summed E-state index contributed by atoms with van der Waals surface area (Å²) in [5, 5.41) is 8.99. The third-order valence-electron chi connectivity index (χ3n) is 4.06. The Bertz CT molecular complexity index is 746. The average Bonchev–Trinajstić information content (AvgIpc) is 2.52. The van der Waals surface area contributed by atoms with Crippen LogP contribution >= 0.6 is 11.8 Å². The Morgan fingerprint density at radius 3 is 2.40 bits per heavy atom. The van der Waals surface area contributed by atoms with E-state index in [4.69, 9.17) is 5.21 Å². The van der Waals surface area contributed by atoms with Gasteiger partial charge in [0.15, 0.2) is 0 Å².